The van der Waals surface area contributed by atoms with E-state index in [2.05, 4.69) is 91.7 Å². The van der Waals surface area contributed by atoms with Crippen molar-refractivity contribution in [1.29, 1.82) is 0 Å². The lowest BCUT2D eigenvalue weighted by Crippen LogP contribution is -2.32. The Bertz CT molecular complexity index is 1270. The topological polar surface area (TPSA) is 45.5 Å². The van der Waals surface area contributed by atoms with Crippen molar-refractivity contribution in [3.05, 3.63) is 131 Å². The summed E-state index contributed by atoms with van der Waals surface area (Å²) in [6, 6.07) is 33.5. The number of rotatable bonds is 11. The predicted molar refractivity (Wildman–Crippen MR) is 155 cm³/mol. The van der Waals surface area contributed by atoms with Crippen molar-refractivity contribution in [2.24, 2.45) is 0 Å². The van der Waals surface area contributed by atoms with Crippen LogP contribution in [0.3, 0.4) is 0 Å². The molecule has 0 bridgehead atoms. The molecule has 0 spiro atoms. The smallest absolute Gasteiger partial charge is 0.287 e. The van der Waals surface area contributed by atoms with Crippen LogP contribution in [0.4, 0.5) is 0 Å². The molecule has 0 aliphatic heterocycles. The second-order valence-electron chi connectivity index (χ2n) is 11.2. The molecule has 198 valence electrons. The van der Waals surface area contributed by atoms with Crippen molar-refractivity contribution in [1.82, 2.24) is 10.2 Å². The summed E-state index contributed by atoms with van der Waals surface area (Å²) < 4.78 is 6.03. The fraction of sp³-hybridized carbons (Fsp3) is 0.324. The highest BCUT2D eigenvalue weighted by molar-refractivity contribution is 5.91. The first kappa shape index (κ1) is 27.4. The van der Waals surface area contributed by atoms with E-state index in [-0.39, 0.29) is 17.4 Å². The molecule has 4 heteroatoms. The summed E-state index contributed by atoms with van der Waals surface area (Å²) in [6.07, 6.45) is 1.80. The van der Waals surface area contributed by atoms with E-state index in [1.807, 2.05) is 37.3 Å². The molecule has 1 atom stereocenters. The Hall–Kier alpha value is -3.63. The molecule has 1 unspecified atom stereocenters. The van der Waals surface area contributed by atoms with Crippen molar-refractivity contribution in [3.63, 3.8) is 0 Å². The number of hydrogen-bond donors (Lipinski definition) is 1. The third-order valence-electron chi connectivity index (χ3n) is 6.83. The Morgan fingerprint density at radius 3 is 1.95 bits per heavy atom. The van der Waals surface area contributed by atoms with Crippen LogP contribution in [-0.2, 0) is 31.5 Å². The van der Waals surface area contributed by atoms with Gasteiger partial charge in [0.1, 0.15) is 5.76 Å². The Labute approximate surface area is 227 Å². The second-order valence-corrected chi connectivity index (χ2v) is 11.2. The van der Waals surface area contributed by atoms with Crippen LogP contribution >= 0.6 is 0 Å². The minimum atomic E-state index is -0.163. The number of nitrogens with zero attached hydrogens (tertiary/aromatic N) is 1. The van der Waals surface area contributed by atoms with Crippen LogP contribution in [-0.4, -0.2) is 16.8 Å². The van der Waals surface area contributed by atoms with Crippen LogP contribution in [0.2, 0.25) is 0 Å². The standard InChI is InChI=1S/C34H40N2O2/c1-26(15-16-27-11-7-5-8-12-27)35-33(37)32-22-21-31(38-32)25-36(23-28-13-9-6-10-14-28)24-29-17-19-30(20-18-29)34(2,3)4/h5-14,17-22,26H,15-16,23-25H2,1-4H3,(H,35,37). The molecule has 4 aromatic rings. The lowest BCUT2D eigenvalue weighted by Gasteiger charge is -2.23. The van der Waals surface area contributed by atoms with Crippen LogP contribution < -0.4 is 5.32 Å². The zero-order chi connectivity index (χ0) is 27.0. The maximum absolute atomic E-state index is 12.8. The molecule has 3 aromatic carbocycles. The first-order chi connectivity index (χ1) is 18.3. The van der Waals surface area contributed by atoms with Crippen LogP contribution in [0.25, 0.3) is 0 Å². The van der Waals surface area contributed by atoms with Crippen LogP contribution in [0.15, 0.2) is 101 Å². The number of carbonyl (C=O) groups is 1. The lowest BCUT2D eigenvalue weighted by molar-refractivity contribution is 0.0906. The zero-order valence-electron chi connectivity index (χ0n) is 23.1. The molecule has 0 saturated carbocycles. The van der Waals surface area contributed by atoms with E-state index in [0.29, 0.717) is 12.3 Å². The van der Waals surface area contributed by atoms with E-state index in [1.54, 1.807) is 6.07 Å². The summed E-state index contributed by atoms with van der Waals surface area (Å²) in [5.74, 6) is 0.985. The molecule has 1 amide bonds. The minimum absolute atomic E-state index is 0.0573. The van der Waals surface area contributed by atoms with Crippen molar-refractivity contribution in [2.45, 2.75) is 71.6 Å². The van der Waals surface area contributed by atoms with Gasteiger partial charge >= 0.3 is 0 Å². The molecule has 38 heavy (non-hydrogen) atoms. The number of benzene rings is 3. The maximum atomic E-state index is 12.8. The van der Waals surface area contributed by atoms with E-state index < -0.39 is 0 Å². The normalized spacial score (nSPS) is 12.4. The molecular weight excluding hydrogens is 468 g/mol. The number of amides is 1. The van der Waals surface area contributed by atoms with Gasteiger partial charge in [0, 0.05) is 19.1 Å². The highest BCUT2D eigenvalue weighted by Crippen LogP contribution is 2.23. The first-order valence-corrected chi connectivity index (χ1v) is 13.6. The van der Waals surface area contributed by atoms with Gasteiger partial charge in [0.05, 0.1) is 6.54 Å². The highest BCUT2D eigenvalue weighted by atomic mass is 16.4. The first-order valence-electron chi connectivity index (χ1n) is 13.6. The predicted octanol–water partition coefficient (Wildman–Crippen LogP) is 7.53. The molecule has 0 radical (unpaired) electrons. The molecule has 1 heterocycles. The quantitative estimate of drug-likeness (QED) is 0.228. The van der Waals surface area contributed by atoms with Gasteiger partial charge in [-0.15, -0.1) is 0 Å². The second kappa shape index (κ2) is 12.7. The molecule has 4 nitrogen and oxygen atoms in total. The molecule has 4 rings (SSSR count). The number of carbonyl (C=O) groups excluding carboxylic acids is 1. The van der Waals surface area contributed by atoms with Gasteiger partial charge in [-0.2, -0.15) is 0 Å². The summed E-state index contributed by atoms with van der Waals surface area (Å²) >= 11 is 0. The summed E-state index contributed by atoms with van der Waals surface area (Å²) in [6.45, 7) is 10.9. The SMILES string of the molecule is CC(CCc1ccccc1)NC(=O)c1ccc(CN(Cc2ccccc2)Cc2ccc(C(C)(C)C)cc2)o1. The van der Waals surface area contributed by atoms with E-state index in [4.69, 9.17) is 4.42 Å². The van der Waals surface area contributed by atoms with Gasteiger partial charge in [0.15, 0.2) is 5.76 Å². The molecule has 0 aliphatic carbocycles. The van der Waals surface area contributed by atoms with Gasteiger partial charge in [-0.3, -0.25) is 9.69 Å². The molecule has 1 aromatic heterocycles. The molecule has 0 fully saturated rings. The van der Waals surface area contributed by atoms with Gasteiger partial charge in [-0.25, -0.2) is 0 Å². The van der Waals surface area contributed by atoms with Crippen LogP contribution in [0, 0.1) is 0 Å². The van der Waals surface area contributed by atoms with E-state index in [1.165, 1.54) is 22.3 Å². The van der Waals surface area contributed by atoms with Gasteiger partial charge in [-0.05, 0) is 59.6 Å². The third-order valence-corrected chi connectivity index (χ3v) is 6.83. The average molecular weight is 509 g/mol. The average Bonchev–Trinajstić information content (AvgIpc) is 3.37. The van der Waals surface area contributed by atoms with Crippen LogP contribution in [0.5, 0.6) is 0 Å². The molecule has 1 N–H and O–H groups in total. The van der Waals surface area contributed by atoms with Gasteiger partial charge in [0.25, 0.3) is 5.91 Å². The minimum Gasteiger partial charge on any atom is -0.455 e. The highest BCUT2D eigenvalue weighted by Gasteiger charge is 2.17. The van der Waals surface area contributed by atoms with E-state index >= 15 is 0 Å². The fourth-order valence-corrected chi connectivity index (χ4v) is 4.58. The van der Waals surface area contributed by atoms with Crippen molar-refractivity contribution in [2.75, 3.05) is 0 Å². The fourth-order valence-electron chi connectivity index (χ4n) is 4.58. The molecule has 0 saturated heterocycles. The lowest BCUT2D eigenvalue weighted by atomic mass is 9.87. The number of aryl methyl sites for hydroxylation is 1. The van der Waals surface area contributed by atoms with E-state index in [9.17, 15) is 4.79 Å². The Kier molecular flexibility index (Phi) is 9.19. The zero-order valence-corrected chi connectivity index (χ0v) is 23.1. The Balaban J connectivity index is 1.39. The summed E-state index contributed by atoms with van der Waals surface area (Å²) in [4.78, 5) is 15.2. The van der Waals surface area contributed by atoms with Crippen LogP contribution in [0.1, 0.15) is 72.7 Å². The molecule has 0 aliphatic rings. The summed E-state index contributed by atoms with van der Waals surface area (Å²) in [7, 11) is 0. The Morgan fingerprint density at radius 1 is 0.763 bits per heavy atom. The summed E-state index contributed by atoms with van der Waals surface area (Å²) in [5, 5.41) is 3.08. The summed E-state index contributed by atoms with van der Waals surface area (Å²) in [5.41, 5.74) is 5.24. The number of hydrogen-bond acceptors (Lipinski definition) is 3. The molecular formula is C34H40N2O2. The van der Waals surface area contributed by atoms with Crippen molar-refractivity contribution >= 4 is 5.91 Å². The number of furan rings is 1. The van der Waals surface area contributed by atoms with Gasteiger partial charge in [0.2, 0.25) is 0 Å². The van der Waals surface area contributed by atoms with E-state index in [0.717, 1.165) is 31.7 Å². The van der Waals surface area contributed by atoms with Crippen molar-refractivity contribution in [3.8, 4) is 0 Å². The van der Waals surface area contributed by atoms with Gasteiger partial charge in [-0.1, -0.05) is 106 Å². The van der Waals surface area contributed by atoms with Crippen molar-refractivity contribution < 1.29 is 9.21 Å². The monoisotopic (exact) mass is 508 g/mol. The largest absolute Gasteiger partial charge is 0.455 e. The maximum Gasteiger partial charge on any atom is 0.287 e. The number of nitrogens with one attached hydrogen (secondary N) is 1. The Morgan fingerprint density at radius 2 is 1.34 bits per heavy atom. The van der Waals surface area contributed by atoms with Gasteiger partial charge < -0.3 is 9.73 Å². The third kappa shape index (κ3) is 8.19.